The molecule has 7 heteroatoms. The number of carbonyl (C=O) groups excluding carboxylic acids is 1. The van der Waals surface area contributed by atoms with Crippen molar-refractivity contribution in [2.24, 2.45) is 0 Å². The van der Waals surface area contributed by atoms with Crippen molar-refractivity contribution in [1.29, 1.82) is 5.26 Å². The Balaban J connectivity index is 1.49. The lowest BCUT2D eigenvalue weighted by atomic mass is 10.1. The Kier molecular flexibility index (Phi) is 4.99. The molecule has 0 saturated carbocycles. The van der Waals surface area contributed by atoms with Crippen LogP contribution in [0.1, 0.15) is 35.3 Å². The number of aryl methyl sites for hydroxylation is 2. The van der Waals surface area contributed by atoms with Crippen molar-refractivity contribution in [3.8, 4) is 11.9 Å². The number of nitrogens with one attached hydrogen (secondary N) is 1. The van der Waals surface area contributed by atoms with Crippen molar-refractivity contribution >= 4 is 33.1 Å². The van der Waals surface area contributed by atoms with Crippen molar-refractivity contribution < 1.29 is 9.53 Å². The first-order valence-corrected chi connectivity index (χ1v) is 9.74. The molecule has 0 aliphatic heterocycles. The second-order valence-corrected chi connectivity index (χ2v) is 7.53. The van der Waals surface area contributed by atoms with Gasteiger partial charge in [0.2, 0.25) is 5.88 Å². The molecule has 0 fully saturated rings. The van der Waals surface area contributed by atoms with E-state index in [-0.39, 0.29) is 12.5 Å². The molecule has 0 atom stereocenters. The molecule has 6 nitrogen and oxygen atoms in total. The van der Waals surface area contributed by atoms with Gasteiger partial charge in [-0.05, 0) is 55.5 Å². The van der Waals surface area contributed by atoms with E-state index >= 15 is 0 Å². The van der Waals surface area contributed by atoms with E-state index in [1.807, 2.05) is 6.07 Å². The molecule has 27 heavy (non-hydrogen) atoms. The van der Waals surface area contributed by atoms with Gasteiger partial charge in [-0.15, -0.1) is 11.3 Å². The minimum Gasteiger partial charge on any atom is -0.467 e. The fraction of sp³-hybridized carbons (Fsp3) is 0.300. The highest BCUT2D eigenvalue weighted by atomic mass is 32.1. The van der Waals surface area contributed by atoms with Crippen LogP contribution in [0.4, 0.5) is 5.69 Å². The van der Waals surface area contributed by atoms with Crippen LogP contribution in [0.15, 0.2) is 30.6 Å². The molecule has 0 saturated heterocycles. The zero-order chi connectivity index (χ0) is 18.6. The maximum atomic E-state index is 12.2. The molecule has 136 valence electrons. The van der Waals surface area contributed by atoms with Crippen molar-refractivity contribution in [2.75, 3.05) is 11.9 Å². The summed E-state index contributed by atoms with van der Waals surface area (Å²) in [6, 6.07) is 8.75. The number of nitriles is 1. The van der Waals surface area contributed by atoms with E-state index in [0.717, 1.165) is 29.5 Å². The lowest BCUT2D eigenvalue weighted by Crippen LogP contribution is -2.20. The standard InChI is InChI=1S/C20H18N4O2S/c21-10-13-6-8-14(9-7-13)24-17(25)11-26-19-18-15-4-2-1-3-5-16(15)27-20(18)23-12-22-19/h6-9,12H,1-5,11H2,(H,24,25). The summed E-state index contributed by atoms with van der Waals surface area (Å²) in [6.45, 7) is -0.128. The Labute approximate surface area is 160 Å². The van der Waals surface area contributed by atoms with Crippen molar-refractivity contribution in [2.45, 2.75) is 32.1 Å². The number of hydrogen-bond donors (Lipinski definition) is 1. The summed E-state index contributed by atoms with van der Waals surface area (Å²) in [4.78, 5) is 23.2. The predicted octanol–water partition coefficient (Wildman–Crippen LogP) is 3.85. The van der Waals surface area contributed by atoms with Gasteiger partial charge in [0, 0.05) is 10.6 Å². The molecule has 4 rings (SSSR count). The number of fused-ring (bicyclic) bond motifs is 3. The van der Waals surface area contributed by atoms with E-state index in [9.17, 15) is 4.79 Å². The highest BCUT2D eigenvalue weighted by molar-refractivity contribution is 7.18. The number of rotatable bonds is 4. The molecule has 0 unspecified atom stereocenters. The smallest absolute Gasteiger partial charge is 0.262 e. The summed E-state index contributed by atoms with van der Waals surface area (Å²) >= 11 is 1.71. The summed E-state index contributed by atoms with van der Waals surface area (Å²) in [6.07, 6.45) is 7.18. The summed E-state index contributed by atoms with van der Waals surface area (Å²) in [7, 11) is 0. The third-order valence-electron chi connectivity index (χ3n) is 4.60. The van der Waals surface area contributed by atoms with Gasteiger partial charge in [0.1, 0.15) is 11.2 Å². The van der Waals surface area contributed by atoms with Crippen LogP contribution in [0.5, 0.6) is 5.88 Å². The molecule has 1 N–H and O–H groups in total. The van der Waals surface area contributed by atoms with Gasteiger partial charge in [0.05, 0.1) is 17.0 Å². The number of carbonyl (C=O) groups is 1. The summed E-state index contributed by atoms with van der Waals surface area (Å²) < 4.78 is 5.75. The molecular weight excluding hydrogens is 360 g/mol. The van der Waals surface area contributed by atoms with Gasteiger partial charge in [-0.25, -0.2) is 9.97 Å². The number of aromatic nitrogens is 2. The van der Waals surface area contributed by atoms with Gasteiger partial charge in [0.15, 0.2) is 6.61 Å². The zero-order valence-electron chi connectivity index (χ0n) is 14.7. The summed E-state index contributed by atoms with van der Waals surface area (Å²) in [5.41, 5.74) is 2.46. The molecule has 0 bridgehead atoms. The van der Waals surface area contributed by atoms with E-state index in [0.29, 0.717) is 17.1 Å². The van der Waals surface area contributed by atoms with E-state index in [1.54, 1.807) is 35.6 Å². The third kappa shape index (κ3) is 3.76. The lowest BCUT2D eigenvalue weighted by Gasteiger charge is -2.08. The van der Waals surface area contributed by atoms with Crippen LogP contribution in [0.25, 0.3) is 10.2 Å². The molecule has 0 radical (unpaired) electrons. The zero-order valence-corrected chi connectivity index (χ0v) is 15.5. The average Bonchev–Trinajstić information content (AvgIpc) is 2.89. The van der Waals surface area contributed by atoms with Gasteiger partial charge in [-0.2, -0.15) is 5.26 Å². The number of benzene rings is 1. The summed E-state index contributed by atoms with van der Waals surface area (Å²) in [5, 5.41) is 12.5. The van der Waals surface area contributed by atoms with E-state index in [4.69, 9.17) is 10.00 Å². The van der Waals surface area contributed by atoms with Crippen LogP contribution in [-0.4, -0.2) is 22.5 Å². The molecule has 1 aromatic carbocycles. The topological polar surface area (TPSA) is 87.9 Å². The molecule has 2 heterocycles. The number of nitrogens with zero attached hydrogens (tertiary/aromatic N) is 3. The molecular formula is C20H18N4O2S. The second-order valence-electron chi connectivity index (χ2n) is 6.45. The number of ether oxygens (including phenoxy) is 1. The van der Waals surface area contributed by atoms with Crippen LogP contribution in [0.3, 0.4) is 0 Å². The van der Waals surface area contributed by atoms with Gasteiger partial charge in [-0.1, -0.05) is 6.42 Å². The maximum absolute atomic E-state index is 12.2. The summed E-state index contributed by atoms with van der Waals surface area (Å²) in [5.74, 6) is 0.210. The van der Waals surface area contributed by atoms with Crippen LogP contribution in [-0.2, 0) is 17.6 Å². The highest BCUT2D eigenvalue weighted by Crippen LogP contribution is 2.38. The van der Waals surface area contributed by atoms with Crippen molar-refractivity contribution in [3.05, 3.63) is 46.6 Å². The average molecular weight is 378 g/mol. The Morgan fingerprint density at radius 3 is 2.81 bits per heavy atom. The molecule has 0 spiro atoms. The largest absolute Gasteiger partial charge is 0.467 e. The van der Waals surface area contributed by atoms with Crippen LogP contribution in [0, 0.1) is 11.3 Å². The minimum atomic E-state index is -0.271. The first kappa shape index (κ1) is 17.4. The van der Waals surface area contributed by atoms with Crippen LogP contribution in [0.2, 0.25) is 0 Å². The minimum absolute atomic E-state index is 0.128. The second kappa shape index (κ2) is 7.72. The van der Waals surface area contributed by atoms with E-state index < -0.39 is 0 Å². The fourth-order valence-corrected chi connectivity index (χ4v) is 4.53. The molecule has 1 aliphatic carbocycles. The van der Waals surface area contributed by atoms with Crippen LogP contribution >= 0.6 is 11.3 Å². The van der Waals surface area contributed by atoms with Crippen molar-refractivity contribution in [3.63, 3.8) is 0 Å². The quantitative estimate of drug-likeness (QED) is 0.697. The normalized spacial score (nSPS) is 13.4. The van der Waals surface area contributed by atoms with Crippen molar-refractivity contribution in [1.82, 2.24) is 9.97 Å². The lowest BCUT2D eigenvalue weighted by molar-refractivity contribution is -0.118. The third-order valence-corrected chi connectivity index (χ3v) is 5.80. The fourth-order valence-electron chi connectivity index (χ4n) is 3.31. The van der Waals surface area contributed by atoms with E-state index in [2.05, 4.69) is 15.3 Å². The highest BCUT2D eigenvalue weighted by Gasteiger charge is 2.20. The first-order chi connectivity index (χ1) is 13.2. The maximum Gasteiger partial charge on any atom is 0.262 e. The number of hydrogen-bond acceptors (Lipinski definition) is 6. The molecule has 3 aromatic rings. The number of anilines is 1. The molecule has 1 amide bonds. The molecule has 2 aromatic heterocycles. The predicted molar refractivity (Wildman–Crippen MR) is 104 cm³/mol. The monoisotopic (exact) mass is 378 g/mol. The Morgan fingerprint density at radius 2 is 2.00 bits per heavy atom. The Hall–Kier alpha value is -2.98. The first-order valence-electron chi connectivity index (χ1n) is 8.92. The Bertz CT molecular complexity index is 1020. The van der Waals surface area contributed by atoms with Crippen LogP contribution < -0.4 is 10.1 Å². The van der Waals surface area contributed by atoms with Gasteiger partial charge < -0.3 is 10.1 Å². The van der Waals surface area contributed by atoms with Gasteiger partial charge in [0.25, 0.3) is 5.91 Å². The van der Waals surface area contributed by atoms with E-state index in [1.165, 1.54) is 29.6 Å². The SMILES string of the molecule is N#Cc1ccc(NC(=O)COc2ncnc3sc4c(c23)CCCCC4)cc1. The van der Waals surface area contributed by atoms with Gasteiger partial charge >= 0.3 is 0 Å². The molecule has 1 aliphatic rings. The number of thiophene rings is 1. The van der Waals surface area contributed by atoms with Gasteiger partial charge in [-0.3, -0.25) is 4.79 Å². The Morgan fingerprint density at radius 1 is 1.19 bits per heavy atom. The number of amides is 1.